The van der Waals surface area contributed by atoms with Crippen molar-refractivity contribution in [3.05, 3.63) is 33.9 Å². The van der Waals surface area contributed by atoms with Crippen LogP contribution in [0.4, 0.5) is 20.2 Å². The molecule has 0 saturated carbocycles. The van der Waals surface area contributed by atoms with E-state index in [1.165, 1.54) is 12.1 Å². The number of nitrogens with one attached hydrogen (secondary N) is 1. The molecule has 0 aliphatic carbocycles. The van der Waals surface area contributed by atoms with Crippen LogP contribution in [0.2, 0.25) is 0 Å². The Bertz CT molecular complexity index is 503. The van der Waals surface area contributed by atoms with Gasteiger partial charge in [0, 0.05) is 42.5 Å². The van der Waals surface area contributed by atoms with Gasteiger partial charge in [-0.25, -0.2) is 8.78 Å². The minimum atomic E-state index is -2.73. The highest BCUT2D eigenvalue weighted by Crippen LogP contribution is 2.31. The fourth-order valence-electron chi connectivity index (χ4n) is 2.59. The summed E-state index contributed by atoms with van der Waals surface area (Å²) in [7, 11) is 0. The third-order valence-electron chi connectivity index (χ3n) is 3.88. The second-order valence-corrected chi connectivity index (χ2v) is 5.18. The Kier molecular flexibility index (Phi) is 5.06. The molecule has 0 spiro atoms. The van der Waals surface area contributed by atoms with Gasteiger partial charge in [0.25, 0.3) is 12.1 Å². The maximum Gasteiger partial charge on any atom is 0.270 e. The summed E-state index contributed by atoms with van der Waals surface area (Å²) in [6, 6.07) is 3.72. The molecule has 1 fully saturated rings. The SMILES string of the molecule is CCN1CCC(Nc2ccc([N+](=O)[O-])cc2C(F)F)CC1. The number of anilines is 1. The minimum absolute atomic E-state index is 0.131. The van der Waals surface area contributed by atoms with Crippen molar-refractivity contribution < 1.29 is 13.7 Å². The van der Waals surface area contributed by atoms with Crippen LogP contribution in [0.15, 0.2) is 18.2 Å². The van der Waals surface area contributed by atoms with Crippen LogP contribution in [-0.4, -0.2) is 35.5 Å². The second-order valence-electron chi connectivity index (χ2n) is 5.18. The Balaban J connectivity index is 2.11. The maximum atomic E-state index is 13.1. The Hall–Kier alpha value is -1.76. The Morgan fingerprint density at radius 1 is 1.43 bits per heavy atom. The highest BCUT2D eigenvalue weighted by atomic mass is 19.3. The van der Waals surface area contributed by atoms with E-state index >= 15 is 0 Å². The van der Waals surface area contributed by atoms with Crippen molar-refractivity contribution in [2.45, 2.75) is 32.2 Å². The van der Waals surface area contributed by atoms with Crippen LogP contribution in [0.3, 0.4) is 0 Å². The largest absolute Gasteiger partial charge is 0.382 e. The van der Waals surface area contributed by atoms with Gasteiger partial charge >= 0.3 is 0 Å². The summed E-state index contributed by atoms with van der Waals surface area (Å²) in [5, 5.41) is 13.8. The molecule has 0 atom stereocenters. The average molecular weight is 299 g/mol. The number of non-ortho nitro benzene ring substituents is 1. The molecular weight excluding hydrogens is 280 g/mol. The van der Waals surface area contributed by atoms with Crippen molar-refractivity contribution in [3.8, 4) is 0 Å². The van der Waals surface area contributed by atoms with E-state index in [2.05, 4.69) is 17.1 Å². The highest BCUT2D eigenvalue weighted by molar-refractivity contribution is 5.57. The maximum absolute atomic E-state index is 13.1. The molecule has 2 rings (SSSR count). The molecule has 1 aromatic carbocycles. The number of hydrogen-bond acceptors (Lipinski definition) is 4. The summed E-state index contributed by atoms with van der Waals surface area (Å²) in [4.78, 5) is 12.3. The lowest BCUT2D eigenvalue weighted by Crippen LogP contribution is -2.39. The van der Waals surface area contributed by atoms with Crippen LogP contribution >= 0.6 is 0 Å². The van der Waals surface area contributed by atoms with Crippen LogP contribution in [-0.2, 0) is 0 Å². The molecule has 0 unspecified atom stereocenters. The first-order chi connectivity index (χ1) is 10.0. The van der Waals surface area contributed by atoms with Crippen LogP contribution < -0.4 is 5.32 Å². The van der Waals surface area contributed by atoms with Crippen molar-refractivity contribution in [2.24, 2.45) is 0 Å². The molecule has 1 aromatic rings. The number of halogens is 2. The molecule has 1 aliphatic heterocycles. The van der Waals surface area contributed by atoms with E-state index in [0.29, 0.717) is 5.69 Å². The number of alkyl halides is 2. The Labute approximate surface area is 122 Å². The summed E-state index contributed by atoms with van der Waals surface area (Å²) in [6.07, 6.45) is -0.968. The Morgan fingerprint density at radius 3 is 2.62 bits per heavy atom. The lowest BCUT2D eigenvalue weighted by atomic mass is 10.0. The van der Waals surface area contributed by atoms with E-state index in [1.54, 1.807) is 0 Å². The molecule has 0 bridgehead atoms. The third kappa shape index (κ3) is 3.87. The van der Waals surface area contributed by atoms with Crippen molar-refractivity contribution >= 4 is 11.4 Å². The predicted molar refractivity (Wildman–Crippen MR) is 76.8 cm³/mol. The molecular formula is C14H19F2N3O2. The molecule has 1 heterocycles. The van der Waals surface area contributed by atoms with Crippen molar-refractivity contribution in [1.82, 2.24) is 4.90 Å². The van der Waals surface area contributed by atoms with Gasteiger partial charge in [0.1, 0.15) is 0 Å². The lowest BCUT2D eigenvalue weighted by molar-refractivity contribution is -0.385. The summed E-state index contributed by atoms with van der Waals surface area (Å²) in [6.45, 7) is 4.96. The topological polar surface area (TPSA) is 58.4 Å². The van der Waals surface area contributed by atoms with E-state index in [1.807, 2.05) is 0 Å². The van der Waals surface area contributed by atoms with Gasteiger partial charge < -0.3 is 10.2 Å². The fraction of sp³-hybridized carbons (Fsp3) is 0.571. The van der Waals surface area contributed by atoms with E-state index in [-0.39, 0.29) is 17.3 Å². The van der Waals surface area contributed by atoms with E-state index in [9.17, 15) is 18.9 Å². The smallest absolute Gasteiger partial charge is 0.270 e. The van der Waals surface area contributed by atoms with Gasteiger partial charge in [0.15, 0.2) is 0 Å². The van der Waals surface area contributed by atoms with Gasteiger partial charge in [-0.1, -0.05) is 6.92 Å². The molecule has 116 valence electrons. The van der Waals surface area contributed by atoms with Gasteiger partial charge in [-0.3, -0.25) is 10.1 Å². The number of hydrogen-bond donors (Lipinski definition) is 1. The van der Waals surface area contributed by atoms with Gasteiger partial charge in [0.05, 0.1) is 4.92 Å². The molecule has 0 amide bonds. The molecule has 0 aromatic heterocycles. The lowest BCUT2D eigenvalue weighted by Gasteiger charge is -2.32. The fourth-order valence-corrected chi connectivity index (χ4v) is 2.59. The van der Waals surface area contributed by atoms with E-state index in [4.69, 9.17) is 0 Å². The van der Waals surface area contributed by atoms with Crippen molar-refractivity contribution in [3.63, 3.8) is 0 Å². The number of nitro groups is 1. The van der Waals surface area contributed by atoms with Crippen LogP contribution in [0.5, 0.6) is 0 Å². The first kappa shape index (κ1) is 15.6. The number of nitro benzene ring substituents is 1. The zero-order chi connectivity index (χ0) is 15.4. The summed E-state index contributed by atoms with van der Waals surface area (Å²) in [5.41, 5.74) is -0.315. The molecule has 7 heteroatoms. The van der Waals surface area contributed by atoms with Crippen LogP contribution in [0, 0.1) is 10.1 Å². The van der Waals surface area contributed by atoms with Crippen LogP contribution in [0.1, 0.15) is 31.8 Å². The van der Waals surface area contributed by atoms with Gasteiger partial charge in [-0.2, -0.15) is 0 Å². The molecule has 0 radical (unpaired) electrons. The molecule has 21 heavy (non-hydrogen) atoms. The van der Waals surface area contributed by atoms with E-state index in [0.717, 1.165) is 38.5 Å². The van der Waals surface area contributed by atoms with Crippen molar-refractivity contribution in [2.75, 3.05) is 25.0 Å². The average Bonchev–Trinajstić information content (AvgIpc) is 2.48. The molecule has 1 saturated heterocycles. The van der Waals surface area contributed by atoms with Gasteiger partial charge in [-0.05, 0) is 25.5 Å². The normalized spacial score (nSPS) is 17.1. The first-order valence-electron chi connectivity index (χ1n) is 7.06. The zero-order valence-corrected chi connectivity index (χ0v) is 11.9. The Morgan fingerprint density at radius 2 is 2.10 bits per heavy atom. The number of likely N-dealkylation sites (tertiary alicyclic amines) is 1. The third-order valence-corrected chi connectivity index (χ3v) is 3.88. The summed E-state index contributed by atoms with van der Waals surface area (Å²) >= 11 is 0. The van der Waals surface area contributed by atoms with Gasteiger partial charge in [-0.15, -0.1) is 0 Å². The molecule has 1 aliphatic rings. The number of benzene rings is 1. The standard InChI is InChI=1S/C14H19F2N3O2/c1-2-18-7-5-10(6-8-18)17-13-4-3-11(19(20)21)9-12(13)14(15)16/h3-4,9-10,14,17H,2,5-8H2,1H3. The van der Waals surface area contributed by atoms with Gasteiger partial charge in [0.2, 0.25) is 0 Å². The zero-order valence-electron chi connectivity index (χ0n) is 11.9. The number of rotatable bonds is 5. The van der Waals surface area contributed by atoms with Crippen LogP contribution in [0.25, 0.3) is 0 Å². The number of nitrogens with zero attached hydrogens (tertiary/aromatic N) is 2. The first-order valence-corrected chi connectivity index (χ1v) is 7.06. The summed E-state index contributed by atoms with van der Waals surface area (Å²) in [5.74, 6) is 0. The van der Waals surface area contributed by atoms with E-state index < -0.39 is 11.3 Å². The quantitative estimate of drug-likeness (QED) is 0.668. The molecule has 5 nitrogen and oxygen atoms in total. The molecule has 1 N–H and O–H groups in total. The minimum Gasteiger partial charge on any atom is -0.382 e. The predicted octanol–water partition coefficient (Wildman–Crippen LogP) is 3.43. The second kappa shape index (κ2) is 6.80. The van der Waals surface area contributed by atoms with Crippen molar-refractivity contribution in [1.29, 1.82) is 0 Å². The summed E-state index contributed by atoms with van der Waals surface area (Å²) < 4.78 is 26.1. The number of piperidine rings is 1. The highest BCUT2D eigenvalue weighted by Gasteiger charge is 2.22. The monoisotopic (exact) mass is 299 g/mol.